The first-order valence-electron chi connectivity index (χ1n) is 8.71. The third-order valence-electron chi connectivity index (χ3n) is 4.11. The van der Waals surface area contributed by atoms with Crippen LogP contribution in [-0.4, -0.2) is 35.5 Å². The molecule has 0 aliphatic heterocycles. The third kappa shape index (κ3) is 4.06. The van der Waals surface area contributed by atoms with Gasteiger partial charge in [0.1, 0.15) is 11.6 Å². The van der Waals surface area contributed by atoms with E-state index in [9.17, 15) is 4.79 Å². The summed E-state index contributed by atoms with van der Waals surface area (Å²) in [5.41, 5.74) is 3.36. The maximum absolute atomic E-state index is 12.6. The van der Waals surface area contributed by atoms with E-state index in [-0.39, 0.29) is 17.3 Å². The number of hydrogen-bond donors (Lipinski definition) is 0. The lowest BCUT2D eigenvalue weighted by Gasteiger charge is -2.08. The molecule has 4 heterocycles. The van der Waals surface area contributed by atoms with Gasteiger partial charge in [-0.05, 0) is 32.0 Å². The van der Waals surface area contributed by atoms with Gasteiger partial charge in [-0.1, -0.05) is 11.6 Å². The van der Waals surface area contributed by atoms with E-state index < -0.39 is 5.97 Å². The fraction of sp³-hybridized carbons (Fsp3) is 0.211. The van der Waals surface area contributed by atoms with Gasteiger partial charge in [-0.3, -0.25) is 4.68 Å². The molecular weight excluding hydrogens is 412 g/mol. The summed E-state index contributed by atoms with van der Waals surface area (Å²) in [7, 11) is 1.84. The molecule has 0 atom stereocenters. The van der Waals surface area contributed by atoms with Crippen LogP contribution in [-0.2, 0) is 18.4 Å². The van der Waals surface area contributed by atoms with Crippen LogP contribution in [0.1, 0.15) is 27.6 Å². The van der Waals surface area contributed by atoms with Crippen molar-refractivity contribution >= 4 is 28.9 Å². The van der Waals surface area contributed by atoms with Crippen LogP contribution in [0.5, 0.6) is 0 Å². The van der Waals surface area contributed by atoms with E-state index in [1.165, 1.54) is 11.3 Å². The topological polar surface area (TPSA) is 87.7 Å². The minimum absolute atomic E-state index is 0.0255. The smallest absolute Gasteiger partial charge is 0.358 e. The van der Waals surface area contributed by atoms with E-state index in [1.54, 1.807) is 27.7 Å². The second kappa shape index (κ2) is 7.76. The van der Waals surface area contributed by atoms with Gasteiger partial charge in [0, 0.05) is 29.9 Å². The van der Waals surface area contributed by atoms with E-state index in [2.05, 4.69) is 20.2 Å². The zero-order valence-electron chi connectivity index (χ0n) is 16.0. The molecule has 4 aromatic rings. The van der Waals surface area contributed by atoms with Crippen LogP contribution in [0.2, 0.25) is 5.02 Å². The number of hydrogen-bond acceptors (Lipinski definition) is 7. The van der Waals surface area contributed by atoms with Crippen molar-refractivity contribution in [2.75, 3.05) is 0 Å². The molecule has 0 fully saturated rings. The molecule has 0 aliphatic rings. The molecule has 0 amide bonds. The molecule has 0 unspecified atom stereocenters. The number of thiazole rings is 1. The molecule has 0 N–H and O–H groups in total. The average molecular weight is 429 g/mol. The Bertz CT molecular complexity index is 1200. The van der Waals surface area contributed by atoms with Crippen molar-refractivity contribution in [2.45, 2.75) is 20.5 Å². The monoisotopic (exact) mass is 428 g/mol. The molecule has 0 bridgehead atoms. The van der Waals surface area contributed by atoms with Crippen LogP contribution < -0.4 is 0 Å². The highest BCUT2D eigenvalue weighted by atomic mass is 35.5. The first-order valence-corrected chi connectivity index (χ1v) is 9.97. The Morgan fingerprint density at radius 3 is 2.79 bits per heavy atom. The Balaban J connectivity index is 1.49. The Hall–Kier alpha value is -3.04. The van der Waals surface area contributed by atoms with E-state index in [4.69, 9.17) is 16.3 Å². The standard InChI is InChI=1S/C19H17ClN6O2S/c1-11-6-12(2)26(24-11)16-5-4-15(20)17(23-16)19(27)28-9-14-10-29-18(22-14)13-7-21-25(3)8-13/h4-8,10H,9H2,1-3H3. The van der Waals surface area contributed by atoms with Crippen molar-refractivity contribution in [2.24, 2.45) is 7.05 Å². The van der Waals surface area contributed by atoms with Gasteiger partial charge in [0.2, 0.25) is 0 Å². The lowest BCUT2D eigenvalue weighted by atomic mass is 10.3. The Morgan fingerprint density at radius 1 is 1.28 bits per heavy atom. The zero-order valence-corrected chi connectivity index (χ0v) is 17.5. The Morgan fingerprint density at radius 2 is 2.10 bits per heavy atom. The van der Waals surface area contributed by atoms with Gasteiger partial charge in [-0.15, -0.1) is 11.3 Å². The quantitative estimate of drug-likeness (QED) is 0.450. The average Bonchev–Trinajstić information content (AvgIpc) is 3.40. The van der Waals surface area contributed by atoms with Gasteiger partial charge in [0.25, 0.3) is 0 Å². The molecule has 0 spiro atoms. The van der Waals surface area contributed by atoms with Crippen LogP contribution in [0.25, 0.3) is 16.4 Å². The number of esters is 1. The Labute approximate surface area is 175 Å². The molecule has 0 aliphatic carbocycles. The van der Waals surface area contributed by atoms with Crippen LogP contribution in [0.4, 0.5) is 0 Å². The van der Waals surface area contributed by atoms with Crippen LogP contribution >= 0.6 is 22.9 Å². The van der Waals surface area contributed by atoms with E-state index >= 15 is 0 Å². The molecule has 8 nitrogen and oxygen atoms in total. The van der Waals surface area contributed by atoms with Gasteiger partial charge in [0.05, 0.1) is 22.6 Å². The molecule has 29 heavy (non-hydrogen) atoms. The minimum atomic E-state index is -0.616. The number of aromatic nitrogens is 6. The predicted octanol–water partition coefficient (Wildman–Crippen LogP) is 3.75. The molecule has 4 aromatic heterocycles. The second-order valence-corrected chi connectivity index (χ2v) is 7.73. The molecule has 0 radical (unpaired) electrons. The zero-order chi connectivity index (χ0) is 20.5. The fourth-order valence-electron chi connectivity index (χ4n) is 2.80. The number of carbonyl (C=O) groups excluding carboxylic acids is 1. The van der Waals surface area contributed by atoms with Crippen LogP contribution in [0.3, 0.4) is 0 Å². The van der Waals surface area contributed by atoms with E-state index in [0.29, 0.717) is 11.5 Å². The molecule has 0 aromatic carbocycles. The highest BCUT2D eigenvalue weighted by Crippen LogP contribution is 2.24. The Kier molecular flexibility index (Phi) is 5.16. The number of aryl methyl sites for hydroxylation is 3. The number of ether oxygens (including phenoxy) is 1. The second-order valence-electron chi connectivity index (χ2n) is 6.46. The van der Waals surface area contributed by atoms with Crippen molar-refractivity contribution in [1.82, 2.24) is 29.5 Å². The number of rotatable bonds is 5. The van der Waals surface area contributed by atoms with Crippen LogP contribution in [0, 0.1) is 13.8 Å². The number of halogens is 1. The first kappa shape index (κ1) is 19.3. The minimum Gasteiger partial charge on any atom is -0.454 e. The SMILES string of the molecule is Cc1cc(C)n(-c2ccc(Cl)c(C(=O)OCc3csc(-c4cnn(C)c4)n3)n2)n1. The molecule has 10 heteroatoms. The van der Waals surface area contributed by atoms with E-state index in [0.717, 1.165) is 22.0 Å². The van der Waals surface area contributed by atoms with Gasteiger partial charge in [0.15, 0.2) is 11.5 Å². The number of pyridine rings is 1. The summed E-state index contributed by atoms with van der Waals surface area (Å²) in [6, 6.07) is 5.25. The lowest BCUT2D eigenvalue weighted by molar-refractivity contribution is 0.0461. The molecular formula is C19H17ClN6O2S. The molecule has 0 saturated heterocycles. The van der Waals surface area contributed by atoms with Gasteiger partial charge >= 0.3 is 5.97 Å². The predicted molar refractivity (Wildman–Crippen MR) is 109 cm³/mol. The fourth-order valence-corrected chi connectivity index (χ4v) is 3.76. The number of nitrogens with zero attached hydrogens (tertiary/aromatic N) is 6. The van der Waals surface area contributed by atoms with Crippen molar-refractivity contribution in [3.8, 4) is 16.4 Å². The number of carbonyl (C=O) groups is 1. The normalized spacial score (nSPS) is 11.0. The largest absolute Gasteiger partial charge is 0.454 e. The van der Waals surface area contributed by atoms with Crippen molar-refractivity contribution in [3.05, 3.63) is 63.8 Å². The molecule has 4 rings (SSSR count). The van der Waals surface area contributed by atoms with Crippen LogP contribution in [0.15, 0.2) is 36.0 Å². The first-order chi connectivity index (χ1) is 13.9. The summed E-state index contributed by atoms with van der Waals surface area (Å²) >= 11 is 7.64. The maximum Gasteiger partial charge on any atom is 0.358 e. The summed E-state index contributed by atoms with van der Waals surface area (Å²) in [6.07, 6.45) is 3.62. The highest BCUT2D eigenvalue weighted by molar-refractivity contribution is 7.13. The summed E-state index contributed by atoms with van der Waals surface area (Å²) in [5.74, 6) is -0.117. The molecule has 148 valence electrons. The summed E-state index contributed by atoms with van der Waals surface area (Å²) in [4.78, 5) is 21.4. The molecule has 0 saturated carbocycles. The van der Waals surface area contributed by atoms with Gasteiger partial charge in [-0.2, -0.15) is 10.2 Å². The van der Waals surface area contributed by atoms with Gasteiger partial charge < -0.3 is 4.74 Å². The highest BCUT2D eigenvalue weighted by Gasteiger charge is 2.17. The lowest BCUT2D eigenvalue weighted by Crippen LogP contribution is -2.11. The summed E-state index contributed by atoms with van der Waals surface area (Å²) < 4.78 is 8.75. The summed E-state index contributed by atoms with van der Waals surface area (Å²) in [5, 5.41) is 11.4. The van der Waals surface area contributed by atoms with E-state index in [1.807, 2.05) is 38.5 Å². The van der Waals surface area contributed by atoms with Gasteiger partial charge in [-0.25, -0.2) is 19.4 Å². The summed E-state index contributed by atoms with van der Waals surface area (Å²) in [6.45, 7) is 3.83. The maximum atomic E-state index is 12.6. The van der Waals surface area contributed by atoms with Crippen molar-refractivity contribution < 1.29 is 9.53 Å². The van der Waals surface area contributed by atoms with Crippen molar-refractivity contribution in [3.63, 3.8) is 0 Å². The third-order valence-corrected chi connectivity index (χ3v) is 5.35. The van der Waals surface area contributed by atoms with Crippen molar-refractivity contribution in [1.29, 1.82) is 0 Å².